The average molecular weight is 314 g/mol. The summed E-state index contributed by atoms with van der Waals surface area (Å²) in [5.74, 6) is 0.0649. The van der Waals surface area contributed by atoms with Crippen molar-refractivity contribution in [3.8, 4) is 0 Å². The molecule has 0 aliphatic heterocycles. The molecule has 7 heteroatoms. The molecule has 1 N–H and O–H groups in total. The maximum atomic E-state index is 11.9. The predicted molar refractivity (Wildman–Crippen MR) is 81.5 cm³/mol. The Hall–Kier alpha value is -0.360. The number of nitrogens with zero attached hydrogens (tertiary/aromatic N) is 2. The Balaban J connectivity index is 0. The molecule has 0 atom stereocenters. The number of halogens is 2. The van der Waals surface area contributed by atoms with Gasteiger partial charge in [0.2, 0.25) is 0 Å². The van der Waals surface area contributed by atoms with Crippen LogP contribution in [0.25, 0.3) is 0 Å². The number of aromatic nitrogens is 1. The van der Waals surface area contributed by atoms with Gasteiger partial charge in [0.25, 0.3) is 5.91 Å². The molecule has 1 aromatic rings. The topological polar surface area (TPSA) is 45.2 Å². The van der Waals surface area contributed by atoms with Crippen LogP contribution in [0.3, 0.4) is 0 Å². The highest BCUT2D eigenvalue weighted by molar-refractivity contribution is 7.13. The Kier molecular flexibility index (Phi) is 11.7. The lowest BCUT2D eigenvalue weighted by molar-refractivity contribution is 0.0801. The Bertz CT molecular complexity index is 347. The van der Waals surface area contributed by atoms with Crippen LogP contribution in [0.15, 0.2) is 6.20 Å². The van der Waals surface area contributed by atoms with Gasteiger partial charge in [-0.15, -0.1) is 36.2 Å². The maximum absolute atomic E-state index is 11.9. The van der Waals surface area contributed by atoms with Gasteiger partial charge < -0.3 is 10.2 Å². The summed E-state index contributed by atoms with van der Waals surface area (Å²) in [6.45, 7) is 3.64. The van der Waals surface area contributed by atoms with Crippen LogP contribution in [0.4, 0.5) is 0 Å². The molecule has 1 heterocycles. The molecule has 0 bridgehead atoms. The van der Waals surface area contributed by atoms with Crippen molar-refractivity contribution in [3.63, 3.8) is 0 Å². The van der Waals surface area contributed by atoms with Crippen molar-refractivity contribution in [1.29, 1.82) is 0 Å². The molecule has 0 saturated heterocycles. The van der Waals surface area contributed by atoms with Gasteiger partial charge in [-0.25, -0.2) is 4.98 Å². The van der Waals surface area contributed by atoms with Gasteiger partial charge in [-0.3, -0.25) is 4.79 Å². The quantitative estimate of drug-likeness (QED) is 0.876. The van der Waals surface area contributed by atoms with Gasteiger partial charge in [-0.05, 0) is 19.9 Å². The fraction of sp³-hybridized carbons (Fsp3) is 0.636. The molecule has 106 valence electrons. The van der Waals surface area contributed by atoms with E-state index in [1.165, 1.54) is 11.3 Å². The van der Waals surface area contributed by atoms with Gasteiger partial charge in [0.05, 0.1) is 11.2 Å². The zero-order valence-corrected chi connectivity index (χ0v) is 13.4. The van der Waals surface area contributed by atoms with Gasteiger partial charge in [0, 0.05) is 20.1 Å². The maximum Gasteiger partial charge on any atom is 0.265 e. The lowest BCUT2D eigenvalue weighted by Gasteiger charge is -2.15. The molecule has 1 aromatic heterocycles. The minimum Gasteiger partial charge on any atom is -0.340 e. The number of hydrogen-bond donors (Lipinski definition) is 1. The molecule has 0 unspecified atom stereocenters. The second-order valence-corrected chi connectivity index (χ2v) is 4.81. The van der Waals surface area contributed by atoms with E-state index < -0.39 is 0 Å². The summed E-state index contributed by atoms with van der Waals surface area (Å²) in [6.07, 6.45) is 3.71. The second kappa shape index (κ2) is 10.6. The largest absolute Gasteiger partial charge is 0.340 e. The first-order valence-electron chi connectivity index (χ1n) is 5.53. The molecule has 1 rings (SSSR count). The molecular formula is C11H21Cl2N3OS. The molecule has 0 aliphatic carbocycles. The molecule has 0 aliphatic rings. The molecule has 4 nitrogen and oxygen atoms in total. The lowest BCUT2D eigenvalue weighted by Crippen LogP contribution is -2.32. The van der Waals surface area contributed by atoms with Crippen LogP contribution in [-0.2, 0) is 6.42 Å². The Morgan fingerprint density at radius 2 is 2.17 bits per heavy atom. The smallest absolute Gasteiger partial charge is 0.265 e. The van der Waals surface area contributed by atoms with Crippen LogP contribution in [0.1, 0.15) is 28.0 Å². The standard InChI is InChI=1S/C11H19N3OS.2ClH/c1-4-5-10-13-8-9(16-10)11(15)14(3)7-6-12-2;;/h8,12H,4-7H2,1-3H3;2*1H. The Labute approximate surface area is 125 Å². The normalized spacial score (nSPS) is 9.28. The first-order valence-corrected chi connectivity index (χ1v) is 6.35. The number of hydrogen-bond acceptors (Lipinski definition) is 4. The summed E-state index contributed by atoms with van der Waals surface area (Å²) in [5.41, 5.74) is 0. The number of carbonyl (C=O) groups is 1. The Morgan fingerprint density at radius 1 is 1.50 bits per heavy atom. The van der Waals surface area contributed by atoms with E-state index in [1.807, 2.05) is 14.1 Å². The predicted octanol–water partition coefficient (Wildman–Crippen LogP) is 2.23. The minimum absolute atomic E-state index is 0. The molecular weight excluding hydrogens is 293 g/mol. The van der Waals surface area contributed by atoms with Crippen LogP contribution in [0, 0.1) is 0 Å². The summed E-state index contributed by atoms with van der Waals surface area (Å²) in [4.78, 5) is 18.6. The molecule has 0 saturated carbocycles. The van der Waals surface area contributed by atoms with Gasteiger partial charge in [-0.1, -0.05) is 6.92 Å². The van der Waals surface area contributed by atoms with E-state index in [9.17, 15) is 4.79 Å². The van der Waals surface area contributed by atoms with Crippen molar-refractivity contribution < 1.29 is 4.79 Å². The van der Waals surface area contributed by atoms with E-state index in [4.69, 9.17) is 0 Å². The summed E-state index contributed by atoms with van der Waals surface area (Å²) in [6, 6.07) is 0. The van der Waals surface area contributed by atoms with E-state index in [0.29, 0.717) is 0 Å². The average Bonchev–Trinajstić information content (AvgIpc) is 2.74. The van der Waals surface area contributed by atoms with Gasteiger partial charge in [0.1, 0.15) is 4.88 Å². The van der Waals surface area contributed by atoms with Gasteiger partial charge in [0.15, 0.2) is 0 Å². The van der Waals surface area contributed by atoms with Gasteiger partial charge in [-0.2, -0.15) is 0 Å². The van der Waals surface area contributed by atoms with E-state index in [1.54, 1.807) is 11.1 Å². The van der Waals surface area contributed by atoms with E-state index in [2.05, 4.69) is 17.2 Å². The molecule has 0 fully saturated rings. The molecule has 0 radical (unpaired) electrons. The highest BCUT2D eigenvalue weighted by Gasteiger charge is 2.14. The number of carbonyl (C=O) groups excluding carboxylic acids is 1. The zero-order chi connectivity index (χ0) is 12.0. The number of amides is 1. The van der Waals surface area contributed by atoms with Crippen molar-refractivity contribution in [1.82, 2.24) is 15.2 Å². The number of nitrogens with one attached hydrogen (secondary N) is 1. The van der Waals surface area contributed by atoms with Crippen LogP contribution in [-0.4, -0.2) is 43.0 Å². The number of thiazole rings is 1. The first kappa shape index (κ1) is 20.0. The molecule has 0 spiro atoms. The first-order chi connectivity index (χ1) is 7.69. The van der Waals surface area contributed by atoms with Crippen molar-refractivity contribution in [3.05, 3.63) is 16.1 Å². The summed E-state index contributed by atoms with van der Waals surface area (Å²) >= 11 is 1.50. The summed E-state index contributed by atoms with van der Waals surface area (Å²) in [7, 11) is 3.70. The van der Waals surface area contributed by atoms with Crippen LogP contribution >= 0.6 is 36.2 Å². The van der Waals surface area contributed by atoms with Crippen molar-refractivity contribution in [2.24, 2.45) is 0 Å². The third-order valence-corrected chi connectivity index (χ3v) is 3.32. The molecule has 1 amide bonds. The highest BCUT2D eigenvalue weighted by Crippen LogP contribution is 2.15. The SMILES string of the molecule is CCCc1ncc(C(=O)N(C)CCNC)s1.Cl.Cl. The van der Waals surface area contributed by atoms with E-state index >= 15 is 0 Å². The van der Waals surface area contributed by atoms with Gasteiger partial charge >= 0.3 is 0 Å². The van der Waals surface area contributed by atoms with Crippen LogP contribution < -0.4 is 5.32 Å². The van der Waals surface area contributed by atoms with Crippen LogP contribution in [0.2, 0.25) is 0 Å². The summed E-state index contributed by atoms with van der Waals surface area (Å²) in [5, 5.41) is 4.07. The third-order valence-electron chi connectivity index (χ3n) is 2.27. The molecule has 18 heavy (non-hydrogen) atoms. The van der Waals surface area contributed by atoms with Crippen LogP contribution in [0.5, 0.6) is 0 Å². The van der Waals surface area contributed by atoms with Crippen molar-refractivity contribution in [2.45, 2.75) is 19.8 Å². The number of likely N-dealkylation sites (N-methyl/N-ethyl adjacent to an activating group) is 2. The monoisotopic (exact) mass is 313 g/mol. The van der Waals surface area contributed by atoms with E-state index in [-0.39, 0.29) is 30.7 Å². The van der Waals surface area contributed by atoms with E-state index in [0.717, 1.165) is 35.8 Å². The lowest BCUT2D eigenvalue weighted by atomic mass is 10.4. The minimum atomic E-state index is 0. The van der Waals surface area contributed by atoms with Crippen molar-refractivity contribution in [2.75, 3.05) is 27.2 Å². The summed E-state index contributed by atoms with van der Waals surface area (Å²) < 4.78 is 0. The fourth-order valence-corrected chi connectivity index (χ4v) is 2.32. The number of rotatable bonds is 6. The van der Waals surface area contributed by atoms with Crippen molar-refractivity contribution >= 4 is 42.1 Å². The zero-order valence-electron chi connectivity index (χ0n) is 10.9. The Morgan fingerprint density at radius 3 is 2.72 bits per heavy atom. The second-order valence-electron chi connectivity index (χ2n) is 3.70. The fourth-order valence-electron chi connectivity index (χ4n) is 1.31. The molecule has 0 aromatic carbocycles. The third kappa shape index (κ3) is 6.00. The highest BCUT2D eigenvalue weighted by atomic mass is 35.5. The number of aryl methyl sites for hydroxylation is 1.